The van der Waals surface area contributed by atoms with Crippen molar-refractivity contribution in [3.05, 3.63) is 105 Å². The number of likely N-dealkylation sites (tertiary alicyclic amines) is 1. The Morgan fingerprint density at radius 3 is 2.25 bits per heavy atom. The molecule has 2 atom stereocenters. The molecule has 32 heavy (non-hydrogen) atoms. The predicted octanol–water partition coefficient (Wildman–Crippen LogP) is 6.65. The Bertz CT molecular complexity index is 1040. The van der Waals surface area contributed by atoms with Gasteiger partial charge in [0.05, 0.1) is 0 Å². The van der Waals surface area contributed by atoms with Crippen LogP contribution in [0.4, 0.5) is 0 Å². The number of halogens is 3. The first-order valence-electron chi connectivity index (χ1n) is 10.8. The standard InChI is InChI=1S/C26H25Cl3N2O/c27-21-8-6-19(7-9-21)17-30-24-10-11-31(25(16-24)12-18-4-2-1-3-5-18)26(32)20-13-22(28)15-23(29)14-20/h1-9,13-15,24-25,30H,10-12,16-17H2/t24-,25-/m0/s1. The van der Waals surface area contributed by atoms with Crippen LogP contribution in [0.5, 0.6) is 0 Å². The molecular weight excluding hydrogens is 463 g/mol. The van der Waals surface area contributed by atoms with E-state index in [2.05, 4.69) is 17.4 Å². The average Bonchev–Trinajstić information content (AvgIpc) is 2.78. The Kier molecular flexibility index (Phi) is 7.75. The summed E-state index contributed by atoms with van der Waals surface area (Å²) in [5.74, 6) is -0.0218. The SMILES string of the molecule is O=C(c1cc(Cl)cc(Cl)c1)N1CC[C@H](NCc2ccc(Cl)cc2)C[C@@H]1Cc1ccccc1. The molecule has 4 rings (SSSR count). The molecule has 3 aromatic rings. The first kappa shape index (κ1) is 23.1. The minimum Gasteiger partial charge on any atom is -0.335 e. The van der Waals surface area contributed by atoms with Crippen LogP contribution in [0.2, 0.25) is 15.1 Å². The first-order chi connectivity index (χ1) is 15.5. The van der Waals surface area contributed by atoms with Crippen LogP contribution in [0.3, 0.4) is 0 Å². The number of hydrogen-bond acceptors (Lipinski definition) is 2. The Morgan fingerprint density at radius 2 is 1.56 bits per heavy atom. The van der Waals surface area contributed by atoms with Gasteiger partial charge in [-0.25, -0.2) is 0 Å². The Morgan fingerprint density at radius 1 is 0.875 bits per heavy atom. The maximum Gasteiger partial charge on any atom is 0.254 e. The van der Waals surface area contributed by atoms with Crippen LogP contribution in [0.15, 0.2) is 72.8 Å². The van der Waals surface area contributed by atoms with Gasteiger partial charge in [-0.05, 0) is 60.7 Å². The second-order valence-corrected chi connectivity index (χ2v) is 9.54. The zero-order valence-corrected chi connectivity index (χ0v) is 19.9. The molecule has 1 fully saturated rings. The monoisotopic (exact) mass is 486 g/mol. The lowest BCUT2D eigenvalue weighted by Gasteiger charge is -2.40. The lowest BCUT2D eigenvalue weighted by Crippen LogP contribution is -2.51. The third kappa shape index (κ3) is 6.05. The number of hydrogen-bond donors (Lipinski definition) is 1. The Labute approximate surface area is 204 Å². The Balaban J connectivity index is 1.49. The molecule has 166 valence electrons. The highest BCUT2D eigenvalue weighted by molar-refractivity contribution is 6.35. The first-order valence-corrected chi connectivity index (χ1v) is 11.9. The summed E-state index contributed by atoms with van der Waals surface area (Å²) in [5, 5.41) is 5.35. The van der Waals surface area contributed by atoms with Gasteiger partial charge in [-0.1, -0.05) is 77.3 Å². The van der Waals surface area contributed by atoms with E-state index in [4.69, 9.17) is 34.8 Å². The fraction of sp³-hybridized carbons (Fsp3) is 0.269. The van der Waals surface area contributed by atoms with Gasteiger partial charge in [0.15, 0.2) is 0 Å². The van der Waals surface area contributed by atoms with Gasteiger partial charge in [0.25, 0.3) is 5.91 Å². The maximum absolute atomic E-state index is 13.4. The van der Waals surface area contributed by atoms with Crippen molar-refractivity contribution in [2.24, 2.45) is 0 Å². The highest BCUT2D eigenvalue weighted by Gasteiger charge is 2.32. The fourth-order valence-corrected chi connectivity index (χ4v) is 4.94. The van der Waals surface area contributed by atoms with Gasteiger partial charge in [-0.3, -0.25) is 4.79 Å². The molecule has 0 radical (unpaired) electrons. The van der Waals surface area contributed by atoms with Gasteiger partial charge in [-0.15, -0.1) is 0 Å². The van der Waals surface area contributed by atoms with Crippen molar-refractivity contribution in [3.63, 3.8) is 0 Å². The van der Waals surface area contributed by atoms with Crippen molar-refractivity contribution in [1.29, 1.82) is 0 Å². The molecule has 1 N–H and O–H groups in total. The molecule has 0 unspecified atom stereocenters. The molecule has 1 saturated heterocycles. The van der Waals surface area contributed by atoms with E-state index in [0.717, 1.165) is 30.8 Å². The van der Waals surface area contributed by atoms with Crippen LogP contribution in [-0.2, 0) is 13.0 Å². The van der Waals surface area contributed by atoms with Crippen LogP contribution >= 0.6 is 34.8 Å². The van der Waals surface area contributed by atoms with E-state index >= 15 is 0 Å². The van der Waals surface area contributed by atoms with E-state index < -0.39 is 0 Å². The zero-order valence-electron chi connectivity index (χ0n) is 17.6. The Hall–Kier alpha value is -2.04. The van der Waals surface area contributed by atoms with E-state index in [-0.39, 0.29) is 11.9 Å². The highest BCUT2D eigenvalue weighted by atomic mass is 35.5. The summed E-state index contributed by atoms with van der Waals surface area (Å²) in [5.41, 5.74) is 2.95. The highest BCUT2D eigenvalue weighted by Crippen LogP contribution is 2.26. The number of piperidine rings is 1. The average molecular weight is 488 g/mol. The molecule has 0 saturated carbocycles. The van der Waals surface area contributed by atoms with Crippen molar-refractivity contribution in [1.82, 2.24) is 10.2 Å². The van der Waals surface area contributed by atoms with E-state index in [1.165, 1.54) is 11.1 Å². The van der Waals surface area contributed by atoms with Gasteiger partial charge in [0.1, 0.15) is 0 Å². The number of nitrogens with zero attached hydrogens (tertiary/aromatic N) is 1. The summed E-state index contributed by atoms with van der Waals surface area (Å²) >= 11 is 18.3. The third-order valence-electron chi connectivity index (χ3n) is 5.91. The van der Waals surface area contributed by atoms with Crippen LogP contribution in [0.25, 0.3) is 0 Å². The van der Waals surface area contributed by atoms with Crippen molar-refractivity contribution < 1.29 is 4.79 Å². The number of carbonyl (C=O) groups excluding carboxylic acids is 1. The summed E-state index contributed by atoms with van der Waals surface area (Å²) in [4.78, 5) is 15.4. The van der Waals surface area contributed by atoms with Gasteiger partial charge < -0.3 is 10.2 Å². The van der Waals surface area contributed by atoms with Crippen LogP contribution in [-0.4, -0.2) is 29.4 Å². The molecule has 3 aromatic carbocycles. The largest absolute Gasteiger partial charge is 0.335 e. The van der Waals surface area contributed by atoms with Gasteiger partial charge in [0, 0.05) is 45.8 Å². The molecular formula is C26H25Cl3N2O. The lowest BCUT2D eigenvalue weighted by atomic mass is 9.91. The summed E-state index contributed by atoms with van der Waals surface area (Å²) in [6, 6.07) is 23.7. The number of rotatable bonds is 6. The minimum absolute atomic E-state index is 0.0218. The lowest BCUT2D eigenvalue weighted by molar-refractivity contribution is 0.0576. The normalized spacial score (nSPS) is 18.5. The number of benzene rings is 3. The zero-order chi connectivity index (χ0) is 22.5. The van der Waals surface area contributed by atoms with Gasteiger partial charge >= 0.3 is 0 Å². The van der Waals surface area contributed by atoms with Crippen LogP contribution in [0, 0.1) is 0 Å². The van der Waals surface area contributed by atoms with Crippen molar-refractivity contribution >= 4 is 40.7 Å². The van der Waals surface area contributed by atoms with Crippen molar-refractivity contribution in [2.45, 2.75) is 37.9 Å². The smallest absolute Gasteiger partial charge is 0.254 e. The summed E-state index contributed by atoms with van der Waals surface area (Å²) in [6.45, 7) is 1.45. The third-order valence-corrected chi connectivity index (χ3v) is 6.60. The van der Waals surface area contributed by atoms with Crippen molar-refractivity contribution in [3.8, 4) is 0 Å². The van der Waals surface area contributed by atoms with E-state index in [0.29, 0.717) is 28.2 Å². The minimum atomic E-state index is -0.0218. The molecule has 3 nitrogen and oxygen atoms in total. The fourth-order valence-electron chi connectivity index (χ4n) is 4.29. The second-order valence-electron chi connectivity index (χ2n) is 8.23. The number of amides is 1. The van der Waals surface area contributed by atoms with E-state index in [1.807, 2.05) is 47.4 Å². The topological polar surface area (TPSA) is 32.3 Å². The van der Waals surface area contributed by atoms with Crippen molar-refractivity contribution in [2.75, 3.05) is 6.54 Å². The van der Waals surface area contributed by atoms with Crippen LogP contribution in [0.1, 0.15) is 34.3 Å². The number of carbonyl (C=O) groups is 1. The van der Waals surface area contributed by atoms with E-state index in [1.54, 1.807) is 18.2 Å². The quantitative estimate of drug-likeness (QED) is 0.422. The summed E-state index contributed by atoms with van der Waals surface area (Å²) in [7, 11) is 0. The second kappa shape index (κ2) is 10.7. The molecule has 0 aliphatic carbocycles. The van der Waals surface area contributed by atoms with Gasteiger partial charge in [0.2, 0.25) is 0 Å². The van der Waals surface area contributed by atoms with Crippen LogP contribution < -0.4 is 5.32 Å². The summed E-state index contributed by atoms with van der Waals surface area (Å²) < 4.78 is 0. The maximum atomic E-state index is 13.4. The molecule has 1 aliphatic heterocycles. The van der Waals surface area contributed by atoms with Gasteiger partial charge in [-0.2, -0.15) is 0 Å². The molecule has 0 spiro atoms. The molecule has 6 heteroatoms. The molecule has 1 aliphatic rings. The predicted molar refractivity (Wildman–Crippen MR) is 133 cm³/mol. The molecule has 1 heterocycles. The van der Waals surface area contributed by atoms with E-state index in [9.17, 15) is 4.79 Å². The molecule has 1 amide bonds. The molecule has 0 aromatic heterocycles. The molecule has 0 bridgehead atoms. The number of nitrogens with one attached hydrogen (secondary N) is 1. The summed E-state index contributed by atoms with van der Waals surface area (Å²) in [6.07, 6.45) is 2.57.